The molecule has 4 nitrogen and oxygen atoms in total. The van der Waals surface area contributed by atoms with E-state index in [9.17, 15) is 4.79 Å². The molecule has 1 rings (SSSR count). The molecule has 1 aromatic carbocycles. The molecule has 0 saturated carbocycles. The van der Waals surface area contributed by atoms with Gasteiger partial charge in [-0.1, -0.05) is 19.9 Å². The number of hydrogen-bond donors (Lipinski definition) is 1. The minimum Gasteiger partial charge on any atom is -0.497 e. The lowest BCUT2D eigenvalue weighted by Gasteiger charge is -2.19. The number of hydrogen-bond acceptors (Lipinski definition) is 3. The van der Waals surface area contributed by atoms with Crippen LogP contribution in [0, 0.1) is 5.92 Å². The first-order chi connectivity index (χ1) is 8.01. The van der Waals surface area contributed by atoms with Gasteiger partial charge in [-0.05, 0) is 17.5 Å². The van der Waals surface area contributed by atoms with E-state index in [1.54, 1.807) is 27.2 Å². The van der Waals surface area contributed by atoms with Gasteiger partial charge >= 0.3 is 5.97 Å². The third-order valence-electron chi connectivity index (χ3n) is 3.07. The molecule has 0 aliphatic carbocycles. The first-order valence-corrected chi connectivity index (χ1v) is 5.46. The molecule has 1 N–H and O–H groups in total. The summed E-state index contributed by atoms with van der Waals surface area (Å²) in [7, 11) is 3.15. The van der Waals surface area contributed by atoms with E-state index in [4.69, 9.17) is 14.6 Å². The summed E-state index contributed by atoms with van der Waals surface area (Å²) in [4.78, 5) is 11.0. The molecule has 1 aromatic rings. The number of methoxy groups -OCH3 is 2. The molecule has 17 heavy (non-hydrogen) atoms. The van der Waals surface area contributed by atoms with Crippen LogP contribution in [0.4, 0.5) is 0 Å². The van der Waals surface area contributed by atoms with Crippen molar-refractivity contribution in [1.82, 2.24) is 0 Å². The number of rotatable bonds is 5. The maximum atomic E-state index is 11.0. The third-order valence-corrected chi connectivity index (χ3v) is 3.07. The Morgan fingerprint density at radius 1 is 1.24 bits per heavy atom. The van der Waals surface area contributed by atoms with Crippen LogP contribution in [0.25, 0.3) is 0 Å². The number of benzene rings is 1. The van der Waals surface area contributed by atoms with Gasteiger partial charge in [-0.25, -0.2) is 0 Å². The van der Waals surface area contributed by atoms with Gasteiger partial charge in [0.1, 0.15) is 11.5 Å². The van der Waals surface area contributed by atoms with E-state index < -0.39 is 11.9 Å². The highest BCUT2D eigenvalue weighted by Gasteiger charge is 2.23. The molecule has 0 saturated heterocycles. The van der Waals surface area contributed by atoms with Gasteiger partial charge in [0.15, 0.2) is 0 Å². The molecule has 4 heteroatoms. The standard InChI is InChI=1S/C13H18O4/c1-8(9(2)13(14)15)11-6-5-10(16-3)7-12(11)17-4/h5-9H,1-4H3,(H,14,15). The monoisotopic (exact) mass is 238 g/mol. The molecular formula is C13H18O4. The van der Waals surface area contributed by atoms with Gasteiger partial charge in [-0.2, -0.15) is 0 Å². The van der Waals surface area contributed by atoms with Crippen molar-refractivity contribution in [3.63, 3.8) is 0 Å². The molecule has 2 atom stereocenters. The lowest BCUT2D eigenvalue weighted by Crippen LogP contribution is -2.17. The highest BCUT2D eigenvalue weighted by Crippen LogP contribution is 2.34. The Morgan fingerprint density at radius 2 is 1.88 bits per heavy atom. The predicted molar refractivity (Wildman–Crippen MR) is 64.8 cm³/mol. The first-order valence-electron chi connectivity index (χ1n) is 5.46. The highest BCUT2D eigenvalue weighted by atomic mass is 16.5. The van der Waals surface area contributed by atoms with Crippen LogP contribution in [0.5, 0.6) is 11.5 Å². The Bertz CT molecular complexity index is 400. The van der Waals surface area contributed by atoms with E-state index in [1.165, 1.54) is 0 Å². The van der Waals surface area contributed by atoms with E-state index in [0.717, 1.165) is 5.56 Å². The lowest BCUT2D eigenvalue weighted by molar-refractivity contribution is -0.141. The SMILES string of the molecule is COc1ccc(C(C)C(C)C(=O)O)c(OC)c1. The Kier molecular flexibility index (Phi) is 4.37. The topological polar surface area (TPSA) is 55.8 Å². The molecule has 0 heterocycles. The number of carboxylic acids is 1. The van der Waals surface area contributed by atoms with Gasteiger partial charge in [0.2, 0.25) is 0 Å². The molecule has 2 unspecified atom stereocenters. The summed E-state index contributed by atoms with van der Waals surface area (Å²) in [5.41, 5.74) is 0.878. The van der Waals surface area contributed by atoms with Crippen molar-refractivity contribution >= 4 is 5.97 Å². The van der Waals surface area contributed by atoms with Crippen molar-refractivity contribution in [2.24, 2.45) is 5.92 Å². The second kappa shape index (κ2) is 5.57. The molecule has 0 aromatic heterocycles. The van der Waals surface area contributed by atoms with E-state index in [2.05, 4.69) is 0 Å². The maximum Gasteiger partial charge on any atom is 0.306 e. The number of aliphatic carboxylic acids is 1. The van der Waals surface area contributed by atoms with E-state index in [1.807, 2.05) is 19.1 Å². The van der Waals surface area contributed by atoms with Crippen LogP contribution in [0.15, 0.2) is 18.2 Å². The highest BCUT2D eigenvalue weighted by molar-refractivity contribution is 5.71. The fourth-order valence-electron chi connectivity index (χ4n) is 1.68. The summed E-state index contributed by atoms with van der Waals surface area (Å²) >= 11 is 0. The quantitative estimate of drug-likeness (QED) is 0.856. The Hall–Kier alpha value is -1.71. The van der Waals surface area contributed by atoms with E-state index >= 15 is 0 Å². The summed E-state index contributed by atoms with van der Waals surface area (Å²) in [6.45, 7) is 3.57. The molecule has 0 fully saturated rings. The normalized spacial score (nSPS) is 13.9. The summed E-state index contributed by atoms with van der Waals surface area (Å²) in [6.07, 6.45) is 0. The van der Waals surface area contributed by atoms with Crippen LogP contribution >= 0.6 is 0 Å². The van der Waals surface area contributed by atoms with Crippen molar-refractivity contribution in [3.8, 4) is 11.5 Å². The van der Waals surface area contributed by atoms with Crippen LogP contribution in [0.2, 0.25) is 0 Å². The largest absolute Gasteiger partial charge is 0.497 e. The summed E-state index contributed by atoms with van der Waals surface area (Å²) in [5.74, 6) is -0.0354. The minimum atomic E-state index is -0.810. The summed E-state index contributed by atoms with van der Waals surface area (Å²) in [6, 6.07) is 5.42. The average molecular weight is 238 g/mol. The van der Waals surface area contributed by atoms with Crippen molar-refractivity contribution < 1.29 is 19.4 Å². The minimum absolute atomic E-state index is 0.117. The lowest BCUT2D eigenvalue weighted by atomic mass is 9.88. The van der Waals surface area contributed by atoms with Crippen LogP contribution in [-0.4, -0.2) is 25.3 Å². The second-order valence-electron chi connectivity index (χ2n) is 4.02. The fourth-order valence-corrected chi connectivity index (χ4v) is 1.68. The maximum absolute atomic E-state index is 11.0. The molecule has 0 aliphatic heterocycles. The van der Waals surface area contributed by atoms with Crippen LogP contribution in [0.1, 0.15) is 25.3 Å². The molecular weight excluding hydrogens is 220 g/mol. The van der Waals surface area contributed by atoms with Crippen molar-refractivity contribution in [2.75, 3.05) is 14.2 Å². The molecule has 0 spiro atoms. The van der Waals surface area contributed by atoms with Gasteiger partial charge in [0.25, 0.3) is 0 Å². The average Bonchev–Trinajstić information content (AvgIpc) is 2.35. The smallest absolute Gasteiger partial charge is 0.306 e. The third kappa shape index (κ3) is 2.90. The Labute approximate surface area is 101 Å². The first kappa shape index (κ1) is 13.4. The second-order valence-corrected chi connectivity index (χ2v) is 4.02. The van der Waals surface area contributed by atoms with Crippen LogP contribution in [-0.2, 0) is 4.79 Å². The van der Waals surface area contributed by atoms with E-state index in [0.29, 0.717) is 11.5 Å². The van der Waals surface area contributed by atoms with Gasteiger partial charge in [0, 0.05) is 6.07 Å². The summed E-state index contributed by atoms with van der Waals surface area (Å²) < 4.78 is 10.4. The van der Waals surface area contributed by atoms with Crippen molar-refractivity contribution in [3.05, 3.63) is 23.8 Å². The molecule has 0 bridgehead atoms. The fraction of sp³-hybridized carbons (Fsp3) is 0.462. The molecule has 0 amide bonds. The van der Waals surface area contributed by atoms with Gasteiger partial charge < -0.3 is 14.6 Å². The predicted octanol–water partition coefficient (Wildman–Crippen LogP) is 2.53. The Morgan fingerprint density at radius 3 is 2.35 bits per heavy atom. The molecule has 0 radical (unpaired) electrons. The summed E-state index contributed by atoms with van der Waals surface area (Å²) in [5, 5.41) is 9.01. The Balaban J connectivity index is 3.08. The van der Waals surface area contributed by atoms with Gasteiger partial charge in [-0.15, -0.1) is 0 Å². The van der Waals surface area contributed by atoms with Crippen LogP contribution in [0.3, 0.4) is 0 Å². The van der Waals surface area contributed by atoms with Gasteiger partial charge in [0.05, 0.1) is 20.1 Å². The van der Waals surface area contributed by atoms with Crippen LogP contribution < -0.4 is 9.47 Å². The van der Waals surface area contributed by atoms with Crippen molar-refractivity contribution in [1.29, 1.82) is 0 Å². The number of ether oxygens (including phenoxy) is 2. The zero-order valence-corrected chi connectivity index (χ0v) is 10.6. The van der Waals surface area contributed by atoms with E-state index in [-0.39, 0.29) is 5.92 Å². The zero-order chi connectivity index (χ0) is 13.0. The van der Waals surface area contributed by atoms with Crippen molar-refractivity contribution in [2.45, 2.75) is 19.8 Å². The zero-order valence-electron chi connectivity index (χ0n) is 10.6. The number of carbonyl (C=O) groups is 1. The molecule has 94 valence electrons. The number of carboxylic acid groups (broad SMARTS) is 1. The van der Waals surface area contributed by atoms with Gasteiger partial charge in [-0.3, -0.25) is 4.79 Å². The molecule has 0 aliphatic rings.